The van der Waals surface area contributed by atoms with Crippen LogP contribution in [0.1, 0.15) is 11.4 Å². The molecule has 3 rings (SSSR count). The van der Waals surface area contributed by atoms with Crippen molar-refractivity contribution in [1.29, 1.82) is 0 Å². The molecule has 2 heterocycles. The van der Waals surface area contributed by atoms with Crippen LogP contribution >= 0.6 is 0 Å². The summed E-state index contributed by atoms with van der Waals surface area (Å²) in [5, 5.41) is 0. The molecule has 1 aromatic carbocycles. The molecule has 0 saturated heterocycles. The zero-order valence-electron chi connectivity index (χ0n) is 11.9. The van der Waals surface area contributed by atoms with Crippen LogP contribution in [0.15, 0.2) is 83.0 Å². The van der Waals surface area contributed by atoms with Crippen LogP contribution in [0, 0.1) is 0 Å². The van der Waals surface area contributed by atoms with Gasteiger partial charge in [0.05, 0.1) is 35.2 Å². The summed E-state index contributed by atoms with van der Waals surface area (Å²) in [5.74, 6) is 0. The molecule has 0 spiro atoms. The molecule has 0 radical (unpaired) electrons. The third kappa shape index (κ3) is 3.70. The lowest BCUT2D eigenvalue weighted by molar-refractivity contribution is 1.29. The minimum atomic E-state index is 0.792. The van der Waals surface area contributed by atoms with Crippen molar-refractivity contribution in [2.24, 2.45) is 9.98 Å². The lowest BCUT2D eigenvalue weighted by Crippen LogP contribution is -1.85. The van der Waals surface area contributed by atoms with Crippen molar-refractivity contribution in [2.45, 2.75) is 0 Å². The molecule has 0 fully saturated rings. The lowest BCUT2D eigenvalue weighted by atomic mass is 10.2. The molecular formula is C18H14N4. The highest BCUT2D eigenvalue weighted by Crippen LogP contribution is 2.26. The van der Waals surface area contributed by atoms with Crippen molar-refractivity contribution >= 4 is 23.8 Å². The fourth-order valence-corrected chi connectivity index (χ4v) is 1.86. The summed E-state index contributed by atoms with van der Waals surface area (Å²) >= 11 is 0. The van der Waals surface area contributed by atoms with E-state index in [0.717, 1.165) is 22.8 Å². The van der Waals surface area contributed by atoms with E-state index in [1.54, 1.807) is 24.8 Å². The molecule has 0 N–H and O–H groups in total. The zero-order valence-corrected chi connectivity index (χ0v) is 11.9. The van der Waals surface area contributed by atoms with E-state index < -0.39 is 0 Å². The number of aliphatic imine (C=N–C) groups is 2. The van der Waals surface area contributed by atoms with Crippen molar-refractivity contribution < 1.29 is 0 Å². The quantitative estimate of drug-likeness (QED) is 0.681. The number of benzene rings is 1. The van der Waals surface area contributed by atoms with Crippen LogP contribution in [0.3, 0.4) is 0 Å². The number of hydrogen-bond donors (Lipinski definition) is 0. The number of aromatic nitrogens is 2. The van der Waals surface area contributed by atoms with Gasteiger partial charge in [-0.1, -0.05) is 24.3 Å². The van der Waals surface area contributed by atoms with Crippen LogP contribution in [0.2, 0.25) is 0 Å². The Balaban J connectivity index is 1.84. The number of pyridine rings is 2. The molecular weight excluding hydrogens is 272 g/mol. The van der Waals surface area contributed by atoms with Gasteiger partial charge in [0.2, 0.25) is 0 Å². The second-order valence-electron chi connectivity index (χ2n) is 4.51. The van der Waals surface area contributed by atoms with Crippen LogP contribution in [0.25, 0.3) is 0 Å². The van der Waals surface area contributed by atoms with E-state index in [9.17, 15) is 0 Å². The highest BCUT2D eigenvalue weighted by Gasteiger charge is 1.97. The molecule has 4 heteroatoms. The molecule has 0 unspecified atom stereocenters. The molecule has 22 heavy (non-hydrogen) atoms. The number of nitrogens with zero attached hydrogens (tertiary/aromatic N) is 4. The summed E-state index contributed by atoms with van der Waals surface area (Å²) in [6.45, 7) is 0. The Hall–Kier alpha value is -3.14. The van der Waals surface area contributed by atoms with Crippen molar-refractivity contribution in [3.63, 3.8) is 0 Å². The van der Waals surface area contributed by atoms with Gasteiger partial charge in [0.1, 0.15) is 0 Å². The Kier molecular flexibility index (Phi) is 4.42. The van der Waals surface area contributed by atoms with Crippen molar-refractivity contribution in [2.75, 3.05) is 0 Å². The first-order valence-electron chi connectivity index (χ1n) is 6.91. The number of para-hydroxylation sites is 2. The average Bonchev–Trinajstić information content (AvgIpc) is 2.61. The largest absolute Gasteiger partial charge is 0.255 e. The highest BCUT2D eigenvalue weighted by molar-refractivity contribution is 5.84. The Bertz CT molecular complexity index is 712. The Morgan fingerprint density at radius 3 is 1.45 bits per heavy atom. The minimum absolute atomic E-state index is 0.792. The van der Waals surface area contributed by atoms with Gasteiger partial charge >= 0.3 is 0 Å². The van der Waals surface area contributed by atoms with Gasteiger partial charge in [0, 0.05) is 12.4 Å². The smallest absolute Gasteiger partial charge is 0.0887 e. The number of rotatable bonds is 4. The summed E-state index contributed by atoms with van der Waals surface area (Å²) in [4.78, 5) is 17.4. The maximum absolute atomic E-state index is 4.47. The average molecular weight is 286 g/mol. The third-order valence-corrected chi connectivity index (χ3v) is 2.93. The number of hydrogen-bond acceptors (Lipinski definition) is 4. The van der Waals surface area contributed by atoms with Gasteiger partial charge in [0.25, 0.3) is 0 Å². The van der Waals surface area contributed by atoms with E-state index in [2.05, 4.69) is 20.0 Å². The van der Waals surface area contributed by atoms with Gasteiger partial charge in [0.15, 0.2) is 0 Å². The van der Waals surface area contributed by atoms with Gasteiger partial charge in [-0.2, -0.15) is 0 Å². The Labute approximate surface area is 129 Å². The van der Waals surface area contributed by atoms with Crippen LogP contribution in [0.5, 0.6) is 0 Å². The molecule has 106 valence electrons. The van der Waals surface area contributed by atoms with Gasteiger partial charge in [-0.15, -0.1) is 0 Å². The van der Waals surface area contributed by atoms with Crippen molar-refractivity contribution in [3.8, 4) is 0 Å². The molecule has 0 aliphatic rings. The van der Waals surface area contributed by atoms with Gasteiger partial charge in [-0.05, 0) is 36.4 Å². The summed E-state index contributed by atoms with van der Waals surface area (Å²) in [6.07, 6.45) is 6.95. The summed E-state index contributed by atoms with van der Waals surface area (Å²) < 4.78 is 0. The maximum Gasteiger partial charge on any atom is 0.0887 e. The molecule has 3 aromatic rings. The lowest BCUT2D eigenvalue weighted by Gasteiger charge is -1.99. The molecule has 0 saturated carbocycles. The van der Waals surface area contributed by atoms with Crippen LogP contribution in [0.4, 0.5) is 11.4 Å². The third-order valence-electron chi connectivity index (χ3n) is 2.93. The van der Waals surface area contributed by atoms with Crippen molar-refractivity contribution in [1.82, 2.24) is 9.97 Å². The van der Waals surface area contributed by atoms with Crippen LogP contribution < -0.4 is 0 Å². The molecule has 2 aromatic heterocycles. The predicted octanol–water partition coefficient (Wildman–Crippen LogP) is 3.98. The molecule has 0 aliphatic heterocycles. The van der Waals surface area contributed by atoms with Gasteiger partial charge in [-0.3, -0.25) is 20.0 Å². The molecule has 4 nitrogen and oxygen atoms in total. The SMILES string of the molecule is C(=Nc1ccccc1N=Cc1ccccn1)c1ccccn1. The first-order valence-corrected chi connectivity index (χ1v) is 6.91. The summed E-state index contributed by atoms with van der Waals surface area (Å²) in [7, 11) is 0. The Morgan fingerprint density at radius 1 is 0.591 bits per heavy atom. The fraction of sp³-hybridized carbons (Fsp3) is 0. The van der Waals surface area contributed by atoms with E-state index in [1.807, 2.05) is 60.7 Å². The maximum atomic E-state index is 4.47. The molecule has 0 amide bonds. The first kappa shape index (κ1) is 13.8. The first-order chi connectivity index (χ1) is 10.9. The fourth-order valence-electron chi connectivity index (χ4n) is 1.86. The summed E-state index contributed by atoms with van der Waals surface area (Å²) in [6, 6.07) is 19.1. The highest BCUT2D eigenvalue weighted by atomic mass is 14.8. The van der Waals surface area contributed by atoms with Gasteiger partial charge < -0.3 is 0 Å². The molecule has 0 aliphatic carbocycles. The topological polar surface area (TPSA) is 50.5 Å². The van der Waals surface area contributed by atoms with E-state index in [4.69, 9.17) is 0 Å². The van der Waals surface area contributed by atoms with E-state index >= 15 is 0 Å². The van der Waals surface area contributed by atoms with E-state index in [1.165, 1.54) is 0 Å². The molecule has 0 atom stereocenters. The van der Waals surface area contributed by atoms with Crippen molar-refractivity contribution in [3.05, 3.63) is 84.4 Å². The van der Waals surface area contributed by atoms with Gasteiger partial charge in [-0.25, -0.2) is 0 Å². The minimum Gasteiger partial charge on any atom is -0.255 e. The monoisotopic (exact) mass is 286 g/mol. The van der Waals surface area contributed by atoms with E-state index in [-0.39, 0.29) is 0 Å². The standard InChI is InChI=1S/C18H14N4/c1-2-10-18(22-14-16-8-4-6-12-20-16)17(9-1)21-13-15-7-3-5-11-19-15/h1-14H. The Morgan fingerprint density at radius 2 is 1.05 bits per heavy atom. The second kappa shape index (κ2) is 7.04. The summed E-state index contributed by atoms with van der Waals surface area (Å²) in [5.41, 5.74) is 3.21. The second-order valence-corrected chi connectivity index (χ2v) is 4.51. The zero-order chi connectivity index (χ0) is 15.0. The van der Waals surface area contributed by atoms with Crippen LogP contribution in [-0.2, 0) is 0 Å². The normalized spacial score (nSPS) is 11.3. The predicted molar refractivity (Wildman–Crippen MR) is 89.4 cm³/mol. The molecule has 0 bridgehead atoms. The van der Waals surface area contributed by atoms with E-state index in [0.29, 0.717) is 0 Å². The van der Waals surface area contributed by atoms with Crippen LogP contribution in [-0.4, -0.2) is 22.4 Å².